The second-order valence-electron chi connectivity index (χ2n) is 15.7. The van der Waals surface area contributed by atoms with Crippen LogP contribution in [0.2, 0.25) is 0 Å². The first-order valence-corrected chi connectivity index (χ1v) is 20.2. The maximum Gasteiger partial charge on any atom is 0.119 e. The van der Waals surface area contributed by atoms with Crippen molar-refractivity contribution in [3.8, 4) is 17.2 Å². The lowest BCUT2D eigenvalue weighted by atomic mass is 9.77. The van der Waals surface area contributed by atoms with Crippen molar-refractivity contribution >= 4 is 34.2 Å². The van der Waals surface area contributed by atoms with Crippen LogP contribution < -0.4 is 14.2 Å². The van der Waals surface area contributed by atoms with E-state index in [0.29, 0.717) is 25.2 Å². The zero-order chi connectivity index (χ0) is 42.4. The van der Waals surface area contributed by atoms with Gasteiger partial charge in [0.15, 0.2) is 0 Å². The van der Waals surface area contributed by atoms with Crippen LogP contribution in [0.25, 0.3) is 0 Å². The molecule has 0 N–H and O–H groups in total. The number of allylic oxidation sites excluding steroid dienone is 10. The second-order valence-corrected chi connectivity index (χ2v) is 15.7. The lowest BCUT2D eigenvalue weighted by Gasteiger charge is -2.29. The average molecular weight is 772 g/mol. The molecule has 1 aliphatic carbocycles. The summed E-state index contributed by atoms with van der Waals surface area (Å²) in [4.78, 5) is 14.0. The van der Waals surface area contributed by atoms with Crippen molar-refractivity contribution in [1.82, 2.24) is 0 Å². The van der Waals surface area contributed by atoms with Gasteiger partial charge in [0.2, 0.25) is 0 Å². The highest BCUT2D eigenvalue weighted by atomic mass is 16.5. The van der Waals surface area contributed by atoms with Gasteiger partial charge < -0.3 is 14.2 Å². The zero-order valence-corrected chi connectivity index (χ0v) is 37.4. The van der Waals surface area contributed by atoms with Gasteiger partial charge in [-0.1, -0.05) is 42.2 Å². The van der Waals surface area contributed by atoms with Gasteiger partial charge in [-0.15, -0.1) is 0 Å². The van der Waals surface area contributed by atoms with Crippen molar-refractivity contribution in [2.75, 3.05) is 19.8 Å². The van der Waals surface area contributed by atoms with Gasteiger partial charge in [-0.3, -0.25) is 9.98 Å². The fraction of sp³-hybridized carbons (Fsp3) is 0.392. The van der Waals surface area contributed by atoms with Gasteiger partial charge in [0.1, 0.15) is 17.2 Å². The fourth-order valence-electron chi connectivity index (χ4n) is 6.19. The summed E-state index contributed by atoms with van der Waals surface area (Å²) in [5.41, 5.74) is 12.8. The molecule has 1 aliphatic rings. The molecule has 0 bridgehead atoms. The molecule has 0 saturated heterocycles. The molecule has 0 amide bonds. The molecule has 6 heteroatoms. The van der Waals surface area contributed by atoms with E-state index in [1.807, 2.05) is 100 Å². The van der Waals surface area contributed by atoms with Gasteiger partial charge in [-0.25, -0.2) is 4.99 Å². The predicted octanol–water partition coefficient (Wildman–Crippen LogP) is 15.1. The van der Waals surface area contributed by atoms with Crippen LogP contribution in [0.1, 0.15) is 110 Å². The Hall–Kier alpha value is -5.23. The standard InChI is InChI=1S/3C17H23NO/c1-5-19-16-8-6-14(7-9-16)18-15-10-13(2)11-17(3,4)12-15;1-6-19-17-9-7-16(8-10-17)18-15(5)12-14(4)11-13(2)3;1-6-19-17-9-7-15(8-10-17)18-16(11-13(2)3)12-14(4)5/h6-10H,5,11-12H2,1-4H3;2*7-12H,6H2,1-5H3/b;14-12+,18-15?;. The summed E-state index contributed by atoms with van der Waals surface area (Å²) in [6, 6.07) is 23.7. The molecule has 57 heavy (non-hydrogen) atoms. The van der Waals surface area contributed by atoms with Gasteiger partial charge in [0.25, 0.3) is 0 Å². The van der Waals surface area contributed by atoms with E-state index in [9.17, 15) is 0 Å². The van der Waals surface area contributed by atoms with Gasteiger partial charge in [0, 0.05) is 11.4 Å². The van der Waals surface area contributed by atoms with Crippen LogP contribution in [-0.4, -0.2) is 37.0 Å². The third kappa shape index (κ3) is 21.0. The first-order chi connectivity index (χ1) is 27.0. The van der Waals surface area contributed by atoms with E-state index in [0.717, 1.165) is 58.6 Å². The summed E-state index contributed by atoms with van der Waals surface area (Å²) in [6.45, 7) is 31.4. The Balaban J connectivity index is 0.000000295. The minimum absolute atomic E-state index is 0.322. The summed E-state index contributed by atoms with van der Waals surface area (Å²) >= 11 is 0. The Bertz CT molecular complexity index is 1900. The SMILES string of the molecule is CCOc1ccc(N=C(C)/C=C(\C)C=C(C)C)cc1.CCOc1ccc(N=C(C=C(C)C)C=C(C)C)cc1.CCOc1ccc(N=C2C=C(C)CC(C)(C)C2)cc1. The lowest BCUT2D eigenvalue weighted by Crippen LogP contribution is -2.21. The number of hydrogen-bond acceptors (Lipinski definition) is 6. The molecule has 0 aromatic heterocycles. The molecule has 306 valence electrons. The summed E-state index contributed by atoms with van der Waals surface area (Å²) < 4.78 is 16.3. The Kier molecular flexibility index (Phi) is 21.1. The molecule has 0 saturated carbocycles. The molecule has 0 spiro atoms. The van der Waals surface area contributed by atoms with E-state index in [2.05, 4.69) is 110 Å². The number of nitrogens with zero attached hydrogens (tertiary/aromatic N) is 3. The van der Waals surface area contributed by atoms with Crippen molar-refractivity contribution in [2.24, 2.45) is 20.4 Å². The molecule has 4 rings (SSSR count). The number of ether oxygens (including phenoxy) is 3. The zero-order valence-electron chi connectivity index (χ0n) is 37.4. The minimum Gasteiger partial charge on any atom is -0.494 e. The van der Waals surface area contributed by atoms with Crippen LogP contribution in [0.5, 0.6) is 17.2 Å². The molecule has 0 unspecified atom stereocenters. The smallest absolute Gasteiger partial charge is 0.119 e. The van der Waals surface area contributed by atoms with E-state index in [-0.39, 0.29) is 0 Å². The Morgan fingerprint density at radius 1 is 0.544 bits per heavy atom. The first kappa shape index (κ1) is 47.9. The third-order valence-electron chi connectivity index (χ3n) is 7.94. The molecule has 0 heterocycles. The lowest BCUT2D eigenvalue weighted by molar-refractivity contribution is 0.340. The maximum atomic E-state index is 5.44. The van der Waals surface area contributed by atoms with Crippen LogP contribution >= 0.6 is 0 Å². The van der Waals surface area contributed by atoms with Crippen molar-refractivity contribution in [2.45, 2.75) is 110 Å². The highest BCUT2D eigenvalue weighted by Gasteiger charge is 2.24. The van der Waals surface area contributed by atoms with Crippen LogP contribution in [0.4, 0.5) is 17.1 Å². The normalized spacial score (nSPS) is 14.0. The Labute approximate surface area is 345 Å². The molecular formula is C51H69N3O3. The van der Waals surface area contributed by atoms with Crippen molar-refractivity contribution < 1.29 is 14.2 Å². The molecular weight excluding hydrogens is 703 g/mol. The average Bonchev–Trinajstić information content (AvgIpc) is 3.10. The van der Waals surface area contributed by atoms with E-state index < -0.39 is 0 Å². The van der Waals surface area contributed by atoms with E-state index in [1.165, 1.54) is 33.6 Å². The molecule has 0 fully saturated rings. The van der Waals surface area contributed by atoms with E-state index in [4.69, 9.17) is 19.2 Å². The van der Waals surface area contributed by atoms with Gasteiger partial charge in [-0.05, 0) is 204 Å². The highest BCUT2D eigenvalue weighted by molar-refractivity contribution is 6.06. The third-order valence-corrected chi connectivity index (χ3v) is 7.94. The van der Waals surface area contributed by atoms with Crippen molar-refractivity contribution in [3.63, 3.8) is 0 Å². The minimum atomic E-state index is 0.322. The topological polar surface area (TPSA) is 64.8 Å². The number of rotatable bonds is 13. The second kappa shape index (κ2) is 25.1. The first-order valence-electron chi connectivity index (χ1n) is 20.2. The molecule has 6 nitrogen and oxygen atoms in total. The molecule has 0 radical (unpaired) electrons. The predicted molar refractivity (Wildman–Crippen MR) is 249 cm³/mol. The fourth-order valence-corrected chi connectivity index (χ4v) is 6.19. The van der Waals surface area contributed by atoms with Crippen molar-refractivity contribution in [1.29, 1.82) is 0 Å². The van der Waals surface area contributed by atoms with Gasteiger partial charge in [0.05, 0.1) is 42.6 Å². The highest BCUT2D eigenvalue weighted by Crippen LogP contribution is 2.34. The molecule has 0 aliphatic heterocycles. The largest absolute Gasteiger partial charge is 0.494 e. The van der Waals surface area contributed by atoms with Gasteiger partial charge in [-0.2, -0.15) is 0 Å². The van der Waals surface area contributed by atoms with Crippen LogP contribution in [0.3, 0.4) is 0 Å². The molecule has 3 aromatic carbocycles. The summed E-state index contributed by atoms with van der Waals surface area (Å²) in [5, 5.41) is 0. The quantitative estimate of drug-likeness (QED) is 0.128. The van der Waals surface area contributed by atoms with Crippen LogP contribution in [0.15, 0.2) is 146 Å². The van der Waals surface area contributed by atoms with E-state index in [1.54, 1.807) is 0 Å². The molecule has 0 atom stereocenters. The Morgan fingerprint density at radius 3 is 1.33 bits per heavy atom. The number of hydrogen-bond donors (Lipinski definition) is 0. The summed E-state index contributed by atoms with van der Waals surface area (Å²) in [5.74, 6) is 2.67. The van der Waals surface area contributed by atoms with E-state index >= 15 is 0 Å². The maximum absolute atomic E-state index is 5.44. The summed E-state index contributed by atoms with van der Waals surface area (Å²) in [6.07, 6.45) is 12.8. The number of aliphatic imine (C=N–C) groups is 3. The monoisotopic (exact) mass is 772 g/mol. The van der Waals surface area contributed by atoms with Crippen molar-refractivity contribution in [3.05, 3.63) is 131 Å². The van der Waals surface area contributed by atoms with Crippen LogP contribution in [0, 0.1) is 5.41 Å². The number of benzene rings is 3. The summed E-state index contributed by atoms with van der Waals surface area (Å²) in [7, 11) is 0. The Morgan fingerprint density at radius 2 is 0.947 bits per heavy atom. The van der Waals surface area contributed by atoms with Gasteiger partial charge >= 0.3 is 0 Å². The van der Waals surface area contributed by atoms with Crippen LogP contribution in [-0.2, 0) is 0 Å². The molecule has 3 aromatic rings.